The molecule has 180 valence electrons. The molecule has 0 saturated heterocycles. The van der Waals surface area contributed by atoms with Gasteiger partial charge in [0.1, 0.15) is 18.1 Å². The van der Waals surface area contributed by atoms with E-state index in [0.717, 1.165) is 5.56 Å². The molecule has 0 heterocycles. The lowest BCUT2D eigenvalue weighted by molar-refractivity contribution is 0.0734. The van der Waals surface area contributed by atoms with Crippen LogP contribution in [0.1, 0.15) is 31.8 Å². The van der Waals surface area contributed by atoms with Crippen LogP contribution in [0.15, 0.2) is 102 Å². The molecule has 4 rings (SSSR count). The minimum Gasteiger partial charge on any atom is -0.489 e. The van der Waals surface area contributed by atoms with Crippen molar-refractivity contribution in [2.45, 2.75) is 6.61 Å². The summed E-state index contributed by atoms with van der Waals surface area (Å²) in [5.41, 5.74) is 4.95. The van der Waals surface area contributed by atoms with Gasteiger partial charge < -0.3 is 9.47 Å². The van der Waals surface area contributed by atoms with Crippen LogP contribution in [0.5, 0.6) is 11.5 Å². The van der Waals surface area contributed by atoms with Crippen molar-refractivity contribution in [3.05, 3.63) is 129 Å². The topological polar surface area (TPSA) is 77.0 Å². The summed E-state index contributed by atoms with van der Waals surface area (Å²) in [5, 5.41) is 5.09. The summed E-state index contributed by atoms with van der Waals surface area (Å²) in [4.78, 5) is 24.6. The average Bonchev–Trinajstić information content (AvgIpc) is 2.89. The van der Waals surface area contributed by atoms with Gasteiger partial charge in [0.25, 0.3) is 5.91 Å². The lowest BCUT2D eigenvalue weighted by atomic mass is 10.1. The number of hydrogen-bond donors (Lipinski definition) is 1. The predicted molar refractivity (Wildman–Crippen MR) is 140 cm³/mol. The summed E-state index contributed by atoms with van der Waals surface area (Å²) < 4.78 is 11.0. The summed E-state index contributed by atoms with van der Waals surface area (Å²) in [7, 11) is 0. The number of halogens is 2. The van der Waals surface area contributed by atoms with Crippen molar-refractivity contribution >= 4 is 41.3 Å². The van der Waals surface area contributed by atoms with E-state index in [1.54, 1.807) is 78.9 Å². The van der Waals surface area contributed by atoms with Crippen molar-refractivity contribution in [3.63, 3.8) is 0 Å². The predicted octanol–water partition coefficient (Wildman–Crippen LogP) is 6.56. The number of ether oxygens (including phenoxy) is 2. The minimum atomic E-state index is -0.506. The maximum absolute atomic E-state index is 12.4. The third-order valence-electron chi connectivity index (χ3n) is 4.97. The molecule has 4 aromatic carbocycles. The van der Waals surface area contributed by atoms with Gasteiger partial charge in [0, 0.05) is 15.6 Å². The molecule has 1 N–H and O–H groups in total. The zero-order valence-corrected chi connectivity index (χ0v) is 20.4. The quantitative estimate of drug-likeness (QED) is 0.124. The van der Waals surface area contributed by atoms with Gasteiger partial charge in [0.15, 0.2) is 0 Å². The van der Waals surface area contributed by atoms with Crippen LogP contribution in [0.2, 0.25) is 10.0 Å². The number of carbonyl (C=O) groups is 2. The number of hydrogen-bond acceptors (Lipinski definition) is 5. The molecule has 0 unspecified atom stereocenters. The number of rotatable bonds is 8. The molecular weight excluding hydrogens is 499 g/mol. The molecule has 8 heteroatoms. The number of hydrazone groups is 1. The highest BCUT2D eigenvalue weighted by Gasteiger charge is 2.09. The fourth-order valence-corrected chi connectivity index (χ4v) is 3.40. The van der Waals surface area contributed by atoms with Gasteiger partial charge in [0.2, 0.25) is 0 Å². The second-order valence-electron chi connectivity index (χ2n) is 7.61. The Morgan fingerprint density at radius 1 is 0.778 bits per heavy atom. The van der Waals surface area contributed by atoms with Crippen LogP contribution in [0.4, 0.5) is 0 Å². The Hall–Kier alpha value is -4.13. The van der Waals surface area contributed by atoms with Crippen molar-refractivity contribution in [3.8, 4) is 11.5 Å². The van der Waals surface area contributed by atoms with Crippen LogP contribution in [-0.2, 0) is 6.61 Å². The molecule has 1 amide bonds. The van der Waals surface area contributed by atoms with Crippen LogP contribution in [0, 0.1) is 0 Å². The van der Waals surface area contributed by atoms with Gasteiger partial charge in [-0.05, 0) is 90.0 Å². The molecule has 0 aliphatic carbocycles. The number of nitrogens with zero attached hydrogens (tertiary/aromatic N) is 1. The Kier molecular flexibility index (Phi) is 8.34. The van der Waals surface area contributed by atoms with Crippen molar-refractivity contribution in [1.82, 2.24) is 5.43 Å². The standard InChI is InChI=1S/C28H20Cl2N2O4/c29-23-10-14-25(15-11-23)35-18-20-4-8-21(9-5-20)27(33)32-31-17-19-6-12-26(13-7-19)36-28(34)22-2-1-3-24(30)16-22/h1-17H,18H2,(H,32,33)/b31-17-. The third-order valence-corrected chi connectivity index (χ3v) is 5.45. The molecule has 0 aliphatic heterocycles. The Bertz CT molecular complexity index is 1370. The first-order valence-electron chi connectivity index (χ1n) is 10.8. The van der Waals surface area contributed by atoms with Gasteiger partial charge in [-0.1, -0.05) is 41.4 Å². The van der Waals surface area contributed by atoms with Gasteiger partial charge in [-0.3, -0.25) is 4.79 Å². The van der Waals surface area contributed by atoms with E-state index < -0.39 is 5.97 Å². The highest BCUT2D eigenvalue weighted by atomic mass is 35.5. The number of nitrogens with one attached hydrogen (secondary N) is 1. The SMILES string of the molecule is O=C(N/N=C\c1ccc(OC(=O)c2cccc(Cl)c2)cc1)c1ccc(COc2ccc(Cl)cc2)cc1. The Morgan fingerprint density at radius 2 is 1.47 bits per heavy atom. The molecule has 0 saturated carbocycles. The number of esters is 1. The van der Waals surface area contributed by atoms with Gasteiger partial charge in [0.05, 0.1) is 11.8 Å². The van der Waals surface area contributed by atoms with E-state index in [-0.39, 0.29) is 5.91 Å². The normalized spacial score (nSPS) is 10.7. The molecule has 0 spiro atoms. The molecular formula is C28H20Cl2N2O4. The fourth-order valence-electron chi connectivity index (χ4n) is 3.08. The molecule has 36 heavy (non-hydrogen) atoms. The van der Waals surface area contributed by atoms with Crippen LogP contribution in [-0.4, -0.2) is 18.1 Å². The summed E-state index contributed by atoms with van der Waals surface area (Å²) in [6.07, 6.45) is 1.49. The van der Waals surface area contributed by atoms with Crippen LogP contribution in [0.3, 0.4) is 0 Å². The highest BCUT2D eigenvalue weighted by Crippen LogP contribution is 2.18. The molecule has 0 aliphatic rings. The van der Waals surface area contributed by atoms with Crippen LogP contribution in [0.25, 0.3) is 0 Å². The zero-order chi connectivity index (χ0) is 25.3. The summed E-state index contributed by atoms with van der Waals surface area (Å²) >= 11 is 11.8. The maximum Gasteiger partial charge on any atom is 0.343 e. The average molecular weight is 519 g/mol. The second kappa shape index (κ2) is 12.0. The molecule has 4 aromatic rings. The van der Waals surface area contributed by atoms with Gasteiger partial charge in [-0.15, -0.1) is 0 Å². The third kappa shape index (κ3) is 7.18. The molecule has 0 bridgehead atoms. The summed E-state index contributed by atoms with van der Waals surface area (Å²) in [5.74, 6) is 0.237. The molecule has 6 nitrogen and oxygen atoms in total. The van der Waals surface area contributed by atoms with E-state index >= 15 is 0 Å². The monoisotopic (exact) mass is 518 g/mol. The number of carbonyl (C=O) groups excluding carboxylic acids is 2. The first-order valence-corrected chi connectivity index (χ1v) is 11.6. The fraction of sp³-hybridized carbons (Fsp3) is 0.0357. The van der Waals surface area contributed by atoms with Gasteiger partial charge in [-0.2, -0.15) is 5.10 Å². The van der Waals surface area contributed by atoms with Crippen molar-refractivity contribution in [1.29, 1.82) is 0 Å². The molecule has 0 radical (unpaired) electrons. The van der Waals surface area contributed by atoms with Gasteiger partial charge in [-0.25, -0.2) is 10.2 Å². The smallest absolute Gasteiger partial charge is 0.343 e. The molecule has 0 aromatic heterocycles. The van der Waals surface area contributed by atoms with E-state index in [2.05, 4.69) is 10.5 Å². The summed E-state index contributed by atoms with van der Waals surface area (Å²) in [6, 6.07) is 27.4. The zero-order valence-electron chi connectivity index (χ0n) is 18.9. The van der Waals surface area contributed by atoms with E-state index in [4.69, 9.17) is 32.7 Å². The van der Waals surface area contributed by atoms with Crippen LogP contribution >= 0.6 is 23.2 Å². The number of benzene rings is 4. The lowest BCUT2D eigenvalue weighted by Gasteiger charge is -2.07. The van der Waals surface area contributed by atoms with E-state index in [1.807, 2.05) is 12.1 Å². The van der Waals surface area contributed by atoms with E-state index in [9.17, 15) is 9.59 Å². The van der Waals surface area contributed by atoms with Gasteiger partial charge >= 0.3 is 5.97 Å². The first-order chi connectivity index (χ1) is 17.5. The van der Waals surface area contributed by atoms with Crippen LogP contribution < -0.4 is 14.9 Å². The second-order valence-corrected chi connectivity index (χ2v) is 8.48. The van der Waals surface area contributed by atoms with E-state index in [0.29, 0.717) is 44.8 Å². The first kappa shape index (κ1) is 25.0. The molecule has 0 atom stereocenters. The Balaban J connectivity index is 1.25. The highest BCUT2D eigenvalue weighted by molar-refractivity contribution is 6.31. The number of amides is 1. The molecule has 0 fully saturated rings. The maximum atomic E-state index is 12.4. The van der Waals surface area contributed by atoms with Crippen molar-refractivity contribution < 1.29 is 19.1 Å². The minimum absolute atomic E-state index is 0.344. The van der Waals surface area contributed by atoms with E-state index in [1.165, 1.54) is 12.3 Å². The van der Waals surface area contributed by atoms with Crippen molar-refractivity contribution in [2.75, 3.05) is 0 Å². The Labute approximate surface area is 218 Å². The summed E-state index contributed by atoms with van der Waals surface area (Å²) in [6.45, 7) is 0.367. The largest absolute Gasteiger partial charge is 0.489 e. The lowest BCUT2D eigenvalue weighted by Crippen LogP contribution is -2.17. The van der Waals surface area contributed by atoms with Crippen molar-refractivity contribution in [2.24, 2.45) is 5.10 Å². The Morgan fingerprint density at radius 3 is 2.17 bits per heavy atom.